The monoisotopic (exact) mass is 498 g/mol. The molecular formula is C29H30N4O4. The van der Waals surface area contributed by atoms with E-state index in [0.29, 0.717) is 35.4 Å². The Morgan fingerprint density at radius 1 is 1.05 bits per heavy atom. The Hall–Kier alpha value is -4.33. The number of fused-ring (bicyclic) bond motifs is 1. The molecule has 8 heteroatoms. The molecule has 1 heterocycles. The van der Waals surface area contributed by atoms with Crippen LogP contribution in [0.3, 0.4) is 0 Å². The van der Waals surface area contributed by atoms with Crippen molar-refractivity contribution in [3.05, 3.63) is 110 Å². The van der Waals surface area contributed by atoms with Crippen LogP contribution in [0.1, 0.15) is 55.0 Å². The molecule has 0 spiro atoms. The van der Waals surface area contributed by atoms with E-state index < -0.39 is 11.0 Å². The van der Waals surface area contributed by atoms with E-state index in [1.165, 1.54) is 18.2 Å². The summed E-state index contributed by atoms with van der Waals surface area (Å²) >= 11 is 0. The lowest BCUT2D eigenvalue weighted by atomic mass is 10.0. The van der Waals surface area contributed by atoms with E-state index in [9.17, 15) is 19.7 Å². The van der Waals surface area contributed by atoms with Crippen molar-refractivity contribution >= 4 is 22.5 Å². The fourth-order valence-corrected chi connectivity index (χ4v) is 4.52. The number of nitro benzene ring substituents is 1. The lowest BCUT2D eigenvalue weighted by Crippen LogP contribution is -2.40. The van der Waals surface area contributed by atoms with E-state index in [1.807, 2.05) is 58.0 Å². The molecule has 0 saturated heterocycles. The molecule has 0 aliphatic heterocycles. The van der Waals surface area contributed by atoms with Crippen molar-refractivity contribution in [2.24, 2.45) is 5.92 Å². The van der Waals surface area contributed by atoms with Gasteiger partial charge in [-0.3, -0.25) is 24.3 Å². The zero-order valence-corrected chi connectivity index (χ0v) is 21.4. The van der Waals surface area contributed by atoms with Crippen LogP contribution in [-0.2, 0) is 0 Å². The summed E-state index contributed by atoms with van der Waals surface area (Å²) in [6, 6.07) is 20.0. The maximum absolute atomic E-state index is 13.9. The maximum Gasteiger partial charge on any atom is 0.270 e. The van der Waals surface area contributed by atoms with E-state index in [0.717, 1.165) is 5.56 Å². The second-order valence-corrected chi connectivity index (χ2v) is 9.55. The van der Waals surface area contributed by atoms with Gasteiger partial charge in [-0.15, -0.1) is 0 Å². The molecule has 0 N–H and O–H groups in total. The van der Waals surface area contributed by atoms with Crippen LogP contribution in [0.2, 0.25) is 0 Å². The number of aryl methyl sites for hydroxylation is 1. The first kappa shape index (κ1) is 25.8. The summed E-state index contributed by atoms with van der Waals surface area (Å²) in [5, 5.41) is 11.8. The van der Waals surface area contributed by atoms with Crippen LogP contribution < -0.4 is 5.56 Å². The number of nitrogens with zero attached hydrogens (tertiary/aromatic N) is 4. The minimum atomic E-state index is -0.548. The van der Waals surface area contributed by atoms with Crippen molar-refractivity contribution in [1.29, 1.82) is 0 Å². The number of hydrogen-bond acceptors (Lipinski definition) is 5. The third kappa shape index (κ3) is 5.28. The lowest BCUT2D eigenvalue weighted by molar-refractivity contribution is -0.384. The molecule has 0 bridgehead atoms. The molecule has 1 amide bonds. The van der Waals surface area contributed by atoms with Gasteiger partial charge in [0.15, 0.2) is 0 Å². The first-order valence-electron chi connectivity index (χ1n) is 12.4. The Morgan fingerprint density at radius 3 is 2.41 bits per heavy atom. The highest BCUT2D eigenvalue weighted by Crippen LogP contribution is 2.29. The third-order valence-electron chi connectivity index (χ3n) is 6.28. The molecule has 190 valence electrons. The highest BCUT2D eigenvalue weighted by Gasteiger charge is 2.30. The van der Waals surface area contributed by atoms with Crippen molar-refractivity contribution in [1.82, 2.24) is 14.5 Å². The summed E-state index contributed by atoms with van der Waals surface area (Å²) in [5.74, 6) is 0.216. The van der Waals surface area contributed by atoms with Crippen molar-refractivity contribution in [3.8, 4) is 5.69 Å². The molecule has 3 aromatic carbocycles. The van der Waals surface area contributed by atoms with E-state index in [-0.39, 0.29) is 28.6 Å². The third-order valence-corrected chi connectivity index (χ3v) is 6.28. The van der Waals surface area contributed by atoms with Gasteiger partial charge < -0.3 is 4.90 Å². The number of carbonyl (C=O) groups is 1. The van der Waals surface area contributed by atoms with Gasteiger partial charge in [-0.05, 0) is 49.6 Å². The molecule has 0 saturated carbocycles. The number of hydrogen-bond donors (Lipinski definition) is 0. The summed E-state index contributed by atoms with van der Waals surface area (Å²) in [6.45, 7) is 8.31. The molecule has 1 atom stereocenters. The van der Waals surface area contributed by atoms with E-state index in [1.54, 1.807) is 33.7 Å². The summed E-state index contributed by atoms with van der Waals surface area (Å²) in [6.07, 6.45) is 0.490. The van der Waals surface area contributed by atoms with Crippen LogP contribution in [0.25, 0.3) is 16.6 Å². The maximum atomic E-state index is 13.9. The number of carbonyl (C=O) groups excluding carboxylic acids is 1. The van der Waals surface area contributed by atoms with Gasteiger partial charge in [0.25, 0.3) is 17.2 Å². The topological polar surface area (TPSA) is 98.3 Å². The molecule has 37 heavy (non-hydrogen) atoms. The number of non-ortho nitro benzene ring substituents is 1. The highest BCUT2D eigenvalue weighted by molar-refractivity contribution is 5.95. The number of nitro groups is 1. The smallest absolute Gasteiger partial charge is 0.270 e. The quantitative estimate of drug-likeness (QED) is 0.224. The second-order valence-electron chi connectivity index (χ2n) is 9.55. The van der Waals surface area contributed by atoms with Crippen LogP contribution in [0.5, 0.6) is 0 Å². The van der Waals surface area contributed by atoms with Gasteiger partial charge in [0.05, 0.1) is 27.6 Å². The van der Waals surface area contributed by atoms with Crippen LogP contribution in [-0.4, -0.2) is 31.8 Å². The molecule has 0 aliphatic carbocycles. The van der Waals surface area contributed by atoms with E-state index in [2.05, 4.69) is 0 Å². The normalized spacial score (nSPS) is 12.0. The largest absolute Gasteiger partial charge is 0.328 e. The lowest BCUT2D eigenvalue weighted by Gasteiger charge is -2.33. The number of rotatable bonds is 8. The molecule has 0 fully saturated rings. The molecule has 1 unspecified atom stereocenters. The predicted molar refractivity (Wildman–Crippen MR) is 144 cm³/mol. The summed E-state index contributed by atoms with van der Waals surface area (Å²) < 4.78 is 1.59. The van der Waals surface area contributed by atoms with Crippen molar-refractivity contribution in [2.75, 3.05) is 6.54 Å². The summed E-state index contributed by atoms with van der Waals surface area (Å²) in [7, 11) is 0. The minimum absolute atomic E-state index is 0.108. The van der Waals surface area contributed by atoms with E-state index >= 15 is 0 Å². The zero-order chi connectivity index (χ0) is 26.7. The Morgan fingerprint density at radius 2 is 1.76 bits per heavy atom. The fourth-order valence-electron chi connectivity index (χ4n) is 4.52. The van der Waals surface area contributed by atoms with Gasteiger partial charge in [0.2, 0.25) is 0 Å². The molecule has 8 nitrogen and oxygen atoms in total. The van der Waals surface area contributed by atoms with Crippen molar-refractivity contribution in [3.63, 3.8) is 0 Å². The van der Waals surface area contributed by atoms with Gasteiger partial charge in [0, 0.05) is 24.2 Å². The first-order valence-corrected chi connectivity index (χ1v) is 12.4. The molecule has 4 aromatic rings. The molecular weight excluding hydrogens is 468 g/mol. The second kappa shape index (κ2) is 10.7. The Bertz CT molecular complexity index is 1510. The van der Waals surface area contributed by atoms with Gasteiger partial charge in [-0.25, -0.2) is 4.98 Å². The van der Waals surface area contributed by atoms with Crippen molar-refractivity contribution in [2.45, 2.75) is 40.2 Å². The molecule has 0 aliphatic rings. The number of para-hydroxylation sites is 1. The number of aromatic nitrogens is 2. The summed E-state index contributed by atoms with van der Waals surface area (Å²) in [5.41, 5.74) is 2.13. The van der Waals surface area contributed by atoms with Crippen LogP contribution in [0.4, 0.5) is 5.69 Å². The zero-order valence-electron chi connectivity index (χ0n) is 21.4. The molecule has 4 rings (SSSR count). The SMILES string of the molecule is CCC(c1nc2ccccc2c(=O)n1-c1ccc(C)cc1)N(CC(C)C)C(=O)c1cccc([N+](=O)[O-])c1. The number of amides is 1. The average molecular weight is 499 g/mol. The van der Waals surface area contributed by atoms with Crippen LogP contribution in [0, 0.1) is 23.0 Å². The van der Waals surface area contributed by atoms with Crippen molar-refractivity contribution < 1.29 is 9.72 Å². The van der Waals surface area contributed by atoms with Gasteiger partial charge in [-0.1, -0.05) is 56.7 Å². The molecule has 0 radical (unpaired) electrons. The Labute approximate surface area is 215 Å². The average Bonchev–Trinajstić information content (AvgIpc) is 2.89. The Balaban J connectivity index is 1.94. The highest BCUT2D eigenvalue weighted by atomic mass is 16.6. The standard InChI is InChI=1S/C29H30N4O4/c1-5-26(31(18-19(2)3)28(34)21-9-8-10-23(17-21)33(36)37)27-30-25-12-7-6-11-24(25)29(35)32(27)22-15-13-20(4)14-16-22/h6-17,19,26H,5,18H2,1-4H3. The minimum Gasteiger partial charge on any atom is -0.328 e. The fraction of sp³-hybridized carbons (Fsp3) is 0.276. The first-order chi connectivity index (χ1) is 17.7. The van der Waals surface area contributed by atoms with E-state index in [4.69, 9.17) is 4.98 Å². The van der Waals surface area contributed by atoms with Gasteiger partial charge in [-0.2, -0.15) is 0 Å². The summed E-state index contributed by atoms with van der Waals surface area (Å²) in [4.78, 5) is 45.1. The predicted octanol–water partition coefficient (Wildman–Crippen LogP) is 5.85. The van der Waals surface area contributed by atoms with Crippen LogP contribution in [0.15, 0.2) is 77.6 Å². The number of benzene rings is 3. The van der Waals surface area contributed by atoms with Gasteiger partial charge in [0.1, 0.15) is 5.82 Å². The Kier molecular flexibility index (Phi) is 7.47. The van der Waals surface area contributed by atoms with Gasteiger partial charge >= 0.3 is 0 Å². The molecule has 1 aromatic heterocycles. The van der Waals surface area contributed by atoms with Crippen LogP contribution >= 0.6 is 0 Å².